The fourth-order valence-corrected chi connectivity index (χ4v) is 4.23. The van der Waals surface area contributed by atoms with Crippen molar-refractivity contribution in [2.75, 3.05) is 13.2 Å². The number of unbranched alkanes of at least 4 members (excludes halogenated alkanes) is 2. The van der Waals surface area contributed by atoms with Crippen LogP contribution in [0.5, 0.6) is 5.75 Å². The van der Waals surface area contributed by atoms with Crippen LogP contribution in [0.15, 0.2) is 95.7 Å². The number of carboxylic acid groups (broad SMARTS) is 1. The topological polar surface area (TPSA) is 113 Å². The molecular weight excluding hydrogens is 496 g/mol. The Morgan fingerprint density at radius 2 is 1.72 bits per heavy atom. The predicted octanol–water partition coefficient (Wildman–Crippen LogP) is 5.74. The van der Waals surface area contributed by atoms with Gasteiger partial charge in [-0.3, -0.25) is 14.6 Å². The minimum atomic E-state index is -1.26. The summed E-state index contributed by atoms with van der Waals surface area (Å²) < 4.78 is 11.4. The molecule has 2 N–H and O–H groups in total. The van der Waals surface area contributed by atoms with Crippen LogP contribution in [-0.2, 0) is 11.2 Å². The number of benzene rings is 2. The molecule has 39 heavy (non-hydrogen) atoms. The second kappa shape index (κ2) is 13.9. The van der Waals surface area contributed by atoms with Gasteiger partial charge in [0.2, 0.25) is 0 Å². The number of aliphatic carboxylic acids is 1. The van der Waals surface area contributed by atoms with Gasteiger partial charge in [0, 0.05) is 48.0 Å². The highest BCUT2D eigenvalue weighted by Crippen LogP contribution is 2.30. The first kappa shape index (κ1) is 27.6. The fourth-order valence-electron chi connectivity index (χ4n) is 4.23. The van der Waals surface area contributed by atoms with Gasteiger partial charge in [-0.05, 0) is 61.7 Å². The quantitative estimate of drug-likeness (QED) is 0.158. The summed E-state index contributed by atoms with van der Waals surface area (Å²) in [7, 11) is 0. The summed E-state index contributed by atoms with van der Waals surface area (Å²) in [5.74, 6) is 0.0467. The highest BCUT2D eigenvalue weighted by atomic mass is 16.5. The van der Waals surface area contributed by atoms with Gasteiger partial charge in [0.25, 0.3) is 5.91 Å². The van der Waals surface area contributed by atoms with Gasteiger partial charge < -0.3 is 24.3 Å². The number of hydrogen-bond donors (Lipinski definition) is 2. The largest absolute Gasteiger partial charge is 0.493 e. The third kappa shape index (κ3) is 7.78. The van der Waals surface area contributed by atoms with Crippen molar-refractivity contribution in [3.05, 3.63) is 108 Å². The van der Waals surface area contributed by atoms with Crippen LogP contribution >= 0.6 is 0 Å². The zero-order chi connectivity index (χ0) is 27.5. The van der Waals surface area contributed by atoms with Crippen LogP contribution in [-0.4, -0.2) is 45.1 Å². The van der Waals surface area contributed by atoms with Crippen LogP contribution < -0.4 is 4.74 Å². The van der Waals surface area contributed by atoms with Gasteiger partial charge in [0.05, 0.1) is 12.9 Å². The first-order valence-corrected chi connectivity index (χ1v) is 13.0. The molecule has 202 valence electrons. The fraction of sp³-hybridized carbons (Fsp3) is 0.258. The van der Waals surface area contributed by atoms with Crippen LogP contribution in [0, 0.1) is 0 Å². The summed E-state index contributed by atoms with van der Waals surface area (Å²) >= 11 is 0. The first-order chi connectivity index (χ1) is 19.0. The van der Waals surface area contributed by atoms with Crippen molar-refractivity contribution in [3.8, 4) is 17.1 Å². The molecule has 2 aromatic heterocycles. The molecule has 0 aliphatic rings. The van der Waals surface area contributed by atoms with Gasteiger partial charge in [-0.2, -0.15) is 0 Å². The average Bonchev–Trinajstić information content (AvgIpc) is 3.51. The number of amides is 1. The van der Waals surface area contributed by atoms with E-state index in [0.29, 0.717) is 48.5 Å². The maximum absolute atomic E-state index is 13.7. The minimum Gasteiger partial charge on any atom is -0.493 e. The van der Waals surface area contributed by atoms with E-state index in [1.807, 2.05) is 42.5 Å². The molecule has 4 rings (SSSR count). The van der Waals surface area contributed by atoms with Crippen molar-refractivity contribution in [1.29, 1.82) is 0 Å². The maximum Gasteiger partial charge on any atom is 0.303 e. The number of hydrogen-bond acceptors (Lipinski definition) is 6. The van der Waals surface area contributed by atoms with Crippen molar-refractivity contribution in [2.24, 2.45) is 0 Å². The number of carbonyl (C=O) groups is 2. The molecule has 0 aliphatic carbocycles. The van der Waals surface area contributed by atoms with Gasteiger partial charge in [0.15, 0.2) is 6.23 Å². The van der Waals surface area contributed by atoms with E-state index in [1.165, 1.54) is 4.90 Å². The predicted molar refractivity (Wildman–Crippen MR) is 146 cm³/mol. The molecule has 1 atom stereocenters. The number of ether oxygens (including phenoxy) is 1. The Morgan fingerprint density at radius 1 is 0.923 bits per heavy atom. The van der Waals surface area contributed by atoms with Crippen molar-refractivity contribution >= 4 is 11.9 Å². The molecule has 0 saturated heterocycles. The molecule has 0 spiro atoms. The van der Waals surface area contributed by atoms with E-state index in [0.717, 1.165) is 17.7 Å². The number of furan rings is 1. The Labute approximate surface area is 227 Å². The molecule has 8 nitrogen and oxygen atoms in total. The van der Waals surface area contributed by atoms with E-state index < -0.39 is 12.2 Å². The standard InChI is InChI=1S/C31H32N2O6/c34-29(35)13-2-1-7-21-39-28-11-4-3-10-26(28)31(37)33(20-18-25-9-5-6-19-32-25)30(36)24-16-14-23(15-17-24)27-12-8-22-38-27/h3-6,8-12,14-17,19,22,31,37H,1-2,7,13,18,20-21H2,(H,34,35). The lowest BCUT2D eigenvalue weighted by molar-refractivity contribution is -0.137. The highest BCUT2D eigenvalue weighted by molar-refractivity contribution is 5.95. The third-order valence-corrected chi connectivity index (χ3v) is 6.32. The van der Waals surface area contributed by atoms with Crippen LogP contribution in [0.2, 0.25) is 0 Å². The summed E-state index contributed by atoms with van der Waals surface area (Å²) in [6.45, 7) is 0.611. The summed E-state index contributed by atoms with van der Waals surface area (Å²) in [4.78, 5) is 30.2. The Kier molecular flexibility index (Phi) is 9.85. The number of carbonyl (C=O) groups excluding carboxylic acids is 1. The van der Waals surface area contributed by atoms with Gasteiger partial charge >= 0.3 is 5.97 Å². The van der Waals surface area contributed by atoms with Crippen molar-refractivity contribution in [3.63, 3.8) is 0 Å². The number of rotatable bonds is 14. The number of nitrogens with zero attached hydrogens (tertiary/aromatic N) is 2. The van der Waals surface area contributed by atoms with Crippen LogP contribution in [0.25, 0.3) is 11.3 Å². The first-order valence-electron chi connectivity index (χ1n) is 13.0. The smallest absolute Gasteiger partial charge is 0.303 e. The molecule has 0 aliphatic heterocycles. The van der Waals surface area contributed by atoms with Gasteiger partial charge in [0.1, 0.15) is 11.5 Å². The minimum absolute atomic E-state index is 0.130. The van der Waals surface area contributed by atoms with Crippen LogP contribution in [0.4, 0.5) is 0 Å². The molecule has 0 fully saturated rings. The zero-order valence-corrected chi connectivity index (χ0v) is 21.6. The van der Waals surface area contributed by atoms with Crippen molar-refractivity contribution < 1.29 is 29.0 Å². The lowest BCUT2D eigenvalue weighted by Gasteiger charge is -2.29. The number of aliphatic hydroxyl groups is 1. The van der Waals surface area contributed by atoms with E-state index >= 15 is 0 Å². The van der Waals surface area contributed by atoms with Crippen molar-refractivity contribution in [1.82, 2.24) is 9.88 Å². The maximum atomic E-state index is 13.7. The summed E-state index contributed by atoms with van der Waals surface area (Å²) in [6.07, 6.45) is 4.62. The number of aromatic nitrogens is 1. The zero-order valence-electron chi connectivity index (χ0n) is 21.6. The second-order valence-electron chi connectivity index (χ2n) is 9.09. The molecule has 1 amide bonds. The Bertz CT molecular complexity index is 1320. The summed E-state index contributed by atoms with van der Waals surface area (Å²) in [5, 5.41) is 20.3. The van der Waals surface area contributed by atoms with E-state index in [9.17, 15) is 14.7 Å². The SMILES string of the molecule is O=C(O)CCCCCOc1ccccc1C(O)N(CCc1ccccn1)C(=O)c1ccc(-c2ccco2)cc1. The van der Waals surface area contributed by atoms with E-state index in [1.54, 1.807) is 48.9 Å². The average molecular weight is 529 g/mol. The molecule has 2 heterocycles. The normalized spacial score (nSPS) is 11.6. The molecule has 0 saturated carbocycles. The van der Waals surface area contributed by atoms with Crippen molar-refractivity contribution in [2.45, 2.75) is 38.3 Å². The Morgan fingerprint density at radius 3 is 2.44 bits per heavy atom. The van der Waals surface area contributed by atoms with Crippen LogP contribution in [0.3, 0.4) is 0 Å². The lowest BCUT2D eigenvalue weighted by atomic mass is 10.1. The number of aliphatic hydroxyl groups excluding tert-OH is 1. The molecular formula is C31H32N2O6. The van der Waals surface area contributed by atoms with Crippen LogP contribution in [0.1, 0.15) is 53.5 Å². The molecule has 0 radical (unpaired) electrons. The highest BCUT2D eigenvalue weighted by Gasteiger charge is 2.27. The van der Waals surface area contributed by atoms with Gasteiger partial charge in [-0.25, -0.2) is 0 Å². The van der Waals surface area contributed by atoms with E-state index in [-0.39, 0.29) is 18.9 Å². The summed E-state index contributed by atoms with van der Waals surface area (Å²) in [5.41, 5.74) is 2.56. The monoisotopic (exact) mass is 528 g/mol. The number of pyridine rings is 1. The molecule has 2 aromatic carbocycles. The third-order valence-electron chi connectivity index (χ3n) is 6.32. The van der Waals surface area contributed by atoms with Gasteiger partial charge in [-0.15, -0.1) is 0 Å². The van der Waals surface area contributed by atoms with E-state index in [4.69, 9.17) is 14.3 Å². The summed E-state index contributed by atoms with van der Waals surface area (Å²) in [6, 6.07) is 23.4. The Balaban J connectivity index is 1.51. The number of carboxylic acids is 1. The molecule has 4 aromatic rings. The lowest BCUT2D eigenvalue weighted by Crippen LogP contribution is -2.37. The second-order valence-corrected chi connectivity index (χ2v) is 9.09. The Hall–Kier alpha value is -4.43. The number of para-hydroxylation sites is 1. The molecule has 1 unspecified atom stereocenters. The van der Waals surface area contributed by atoms with E-state index in [2.05, 4.69) is 4.98 Å². The van der Waals surface area contributed by atoms with Gasteiger partial charge in [-0.1, -0.05) is 36.4 Å². The molecule has 8 heteroatoms. The molecule has 0 bridgehead atoms.